The molecule has 1 atom stereocenters. The second kappa shape index (κ2) is 9.97. The molecule has 1 aliphatic heterocycles. The first kappa shape index (κ1) is 23.8. The lowest BCUT2D eigenvalue weighted by Gasteiger charge is -2.30. The van der Waals surface area contributed by atoms with E-state index >= 15 is 0 Å². The quantitative estimate of drug-likeness (QED) is 0.204. The third kappa shape index (κ3) is 4.63. The maximum atomic E-state index is 14.1. The van der Waals surface area contributed by atoms with Gasteiger partial charge in [0, 0.05) is 21.8 Å². The molecule has 1 amide bonds. The van der Waals surface area contributed by atoms with Crippen molar-refractivity contribution in [2.75, 3.05) is 10.2 Å². The molecule has 0 spiro atoms. The summed E-state index contributed by atoms with van der Waals surface area (Å²) < 4.78 is 0.960. The Bertz CT molecular complexity index is 1490. The molecule has 0 unspecified atom stereocenters. The fourth-order valence-corrected chi connectivity index (χ4v) is 4.66. The highest BCUT2D eigenvalue weighted by atomic mass is 79.9. The van der Waals surface area contributed by atoms with Crippen LogP contribution >= 0.6 is 27.5 Å². The minimum atomic E-state index is -0.586. The zero-order valence-corrected chi connectivity index (χ0v) is 21.1. The van der Waals surface area contributed by atoms with Crippen LogP contribution in [0.1, 0.15) is 27.5 Å². The number of benzene rings is 4. The van der Waals surface area contributed by atoms with Gasteiger partial charge >= 0.3 is 0 Å². The van der Waals surface area contributed by atoms with Crippen LogP contribution in [0.2, 0.25) is 5.02 Å². The molecule has 36 heavy (non-hydrogen) atoms. The average Bonchev–Trinajstić information content (AvgIpc) is 3.06. The fourth-order valence-electron chi connectivity index (χ4n) is 4.21. The Balaban J connectivity index is 1.72. The molecular weight excluding hydrogens is 542 g/mol. The van der Waals surface area contributed by atoms with Crippen LogP contribution in [-0.2, 0) is 0 Å². The van der Waals surface area contributed by atoms with Crippen molar-refractivity contribution < 1.29 is 9.72 Å². The normalized spacial score (nSPS) is 14.8. The van der Waals surface area contributed by atoms with Crippen molar-refractivity contribution in [2.24, 2.45) is 0 Å². The van der Waals surface area contributed by atoms with E-state index in [0.717, 1.165) is 27.0 Å². The second-order valence-electron chi connectivity index (χ2n) is 8.18. The van der Waals surface area contributed by atoms with E-state index in [1.165, 1.54) is 18.2 Å². The lowest BCUT2D eigenvalue weighted by molar-refractivity contribution is -0.384. The van der Waals surface area contributed by atoms with E-state index in [4.69, 9.17) is 11.6 Å². The maximum absolute atomic E-state index is 14.1. The van der Waals surface area contributed by atoms with E-state index in [-0.39, 0.29) is 22.2 Å². The predicted molar refractivity (Wildman–Crippen MR) is 146 cm³/mol. The van der Waals surface area contributed by atoms with Crippen LogP contribution in [0.5, 0.6) is 0 Å². The molecular formula is C28H19BrClN3O3. The van der Waals surface area contributed by atoms with E-state index in [2.05, 4.69) is 21.2 Å². The van der Waals surface area contributed by atoms with Crippen molar-refractivity contribution in [2.45, 2.75) is 6.04 Å². The number of nitro benzene ring substituents is 1. The summed E-state index contributed by atoms with van der Waals surface area (Å²) in [7, 11) is 0. The van der Waals surface area contributed by atoms with Gasteiger partial charge in [-0.1, -0.05) is 82.1 Å². The fraction of sp³-hybridized carbons (Fsp3) is 0.0357. The Hall–Kier alpha value is -3.94. The predicted octanol–water partition coefficient (Wildman–Crippen LogP) is 7.87. The van der Waals surface area contributed by atoms with Gasteiger partial charge in [-0.15, -0.1) is 0 Å². The van der Waals surface area contributed by atoms with Crippen LogP contribution < -0.4 is 10.2 Å². The second-order valence-corrected chi connectivity index (χ2v) is 9.51. The van der Waals surface area contributed by atoms with Gasteiger partial charge in [-0.3, -0.25) is 19.8 Å². The molecule has 1 heterocycles. The van der Waals surface area contributed by atoms with Gasteiger partial charge in [0.15, 0.2) is 0 Å². The van der Waals surface area contributed by atoms with Gasteiger partial charge < -0.3 is 5.32 Å². The summed E-state index contributed by atoms with van der Waals surface area (Å²) in [5.74, 6) is -0.383. The van der Waals surface area contributed by atoms with Gasteiger partial charge in [-0.2, -0.15) is 0 Å². The van der Waals surface area contributed by atoms with Crippen LogP contribution in [0.25, 0.3) is 5.70 Å². The van der Waals surface area contributed by atoms with Crippen LogP contribution in [0.4, 0.5) is 17.1 Å². The highest BCUT2D eigenvalue weighted by Gasteiger charge is 2.32. The zero-order valence-electron chi connectivity index (χ0n) is 18.8. The Morgan fingerprint density at radius 3 is 2.36 bits per heavy atom. The van der Waals surface area contributed by atoms with E-state index < -0.39 is 11.0 Å². The number of hydrogen-bond acceptors (Lipinski definition) is 4. The Labute approximate surface area is 221 Å². The highest BCUT2D eigenvalue weighted by molar-refractivity contribution is 9.10. The number of nitrogens with zero attached hydrogens (tertiary/aromatic N) is 2. The smallest absolute Gasteiger partial charge is 0.288 e. The van der Waals surface area contributed by atoms with Gasteiger partial charge in [-0.05, 0) is 53.6 Å². The van der Waals surface area contributed by atoms with Crippen molar-refractivity contribution in [1.82, 2.24) is 0 Å². The standard InChI is InChI=1S/C28H19BrClN3O3/c29-21-13-10-18(11-14-21)24-17-26(19-6-2-1-3-7-19)32(25-9-5-4-8-23(25)31-24)28(34)20-12-15-22(30)27(16-20)33(35)36/h1-17,26,31H/t26-/m1/s1. The van der Waals surface area contributed by atoms with Crippen LogP contribution in [0.15, 0.2) is 108 Å². The lowest BCUT2D eigenvalue weighted by Crippen LogP contribution is -2.34. The SMILES string of the molecule is O=C(c1ccc(Cl)c([N+](=O)[O-])c1)N1c2ccccc2NC(c2ccc(Br)cc2)=C[C@@H]1c1ccccc1. The number of rotatable bonds is 4. The zero-order chi connectivity index (χ0) is 25.2. The largest absolute Gasteiger partial charge is 0.354 e. The number of nitro groups is 1. The first-order valence-electron chi connectivity index (χ1n) is 11.1. The molecule has 0 fully saturated rings. The Kier molecular flexibility index (Phi) is 6.59. The number of fused-ring (bicyclic) bond motifs is 1. The molecule has 0 aliphatic carbocycles. The lowest BCUT2D eigenvalue weighted by atomic mass is 10.0. The monoisotopic (exact) mass is 559 g/mol. The van der Waals surface area contributed by atoms with Gasteiger partial charge in [0.2, 0.25) is 0 Å². The van der Waals surface area contributed by atoms with Gasteiger partial charge in [-0.25, -0.2) is 0 Å². The summed E-state index contributed by atoms with van der Waals surface area (Å²) in [5.41, 5.74) is 3.92. The van der Waals surface area contributed by atoms with Crippen molar-refractivity contribution in [1.29, 1.82) is 0 Å². The Morgan fingerprint density at radius 2 is 1.64 bits per heavy atom. The average molecular weight is 561 g/mol. The molecule has 4 aromatic rings. The molecule has 0 aromatic heterocycles. The number of nitrogens with one attached hydrogen (secondary N) is 1. The molecule has 178 valence electrons. The molecule has 1 aliphatic rings. The summed E-state index contributed by atoms with van der Waals surface area (Å²) in [4.78, 5) is 26.7. The third-order valence-corrected chi connectivity index (χ3v) is 6.79. The van der Waals surface area contributed by atoms with Crippen LogP contribution in [0.3, 0.4) is 0 Å². The number of carbonyl (C=O) groups is 1. The number of anilines is 2. The minimum Gasteiger partial charge on any atom is -0.354 e. The summed E-state index contributed by atoms with van der Waals surface area (Å²) in [6, 6.07) is 28.7. The molecule has 0 saturated heterocycles. The minimum absolute atomic E-state index is 0.0217. The van der Waals surface area contributed by atoms with E-state index in [0.29, 0.717) is 5.69 Å². The highest BCUT2D eigenvalue weighted by Crippen LogP contribution is 2.41. The molecule has 0 radical (unpaired) electrons. The van der Waals surface area contributed by atoms with Gasteiger partial charge in [0.1, 0.15) is 5.02 Å². The van der Waals surface area contributed by atoms with Gasteiger partial charge in [0.05, 0.1) is 22.3 Å². The number of halogens is 2. The van der Waals surface area contributed by atoms with Crippen molar-refractivity contribution in [3.63, 3.8) is 0 Å². The van der Waals surface area contributed by atoms with Crippen molar-refractivity contribution in [3.8, 4) is 0 Å². The molecule has 0 bridgehead atoms. The van der Waals surface area contributed by atoms with Crippen LogP contribution in [0, 0.1) is 10.1 Å². The topological polar surface area (TPSA) is 75.5 Å². The molecule has 8 heteroatoms. The molecule has 6 nitrogen and oxygen atoms in total. The van der Waals surface area contributed by atoms with E-state index in [1.807, 2.05) is 84.9 Å². The third-order valence-electron chi connectivity index (χ3n) is 5.94. The number of para-hydroxylation sites is 2. The van der Waals surface area contributed by atoms with E-state index in [1.54, 1.807) is 4.90 Å². The number of amides is 1. The summed E-state index contributed by atoms with van der Waals surface area (Å²) in [6.07, 6.45) is 2.00. The summed E-state index contributed by atoms with van der Waals surface area (Å²) in [6.45, 7) is 0. The first-order chi connectivity index (χ1) is 17.4. The first-order valence-corrected chi connectivity index (χ1v) is 12.3. The van der Waals surface area contributed by atoms with Gasteiger partial charge in [0.25, 0.3) is 11.6 Å². The maximum Gasteiger partial charge on any atom is 0.288 e. The summed E-state index contributed by atoms with van der Waals surface area (Å²) in [5, 5.41) is 15.0. The number of hydrogen-bond donors (Lipinski definition) is 1. The van der Waals surface area contributed by atoms with Crippen molar-refractivity contribution >= 4 is 56.2 Å². The molecule has 0 saturated carbocycles. The molecule has 5 rings (SSSR count). The van der Waals surface area contributed by atoms with Crippen LogP contribution in [-0.4, -0.2) is 10.8 Å². The molecule has 4 aromatic carbocycles. The molecule has 1 N–H and O–H groups in total. The Morgan fingerprint density at radius 1 is 0.944 bits per heavy atom. The summed E-state index contributed by atoms with van der Waals surface area (Å²) >= 11 is 9.51. The van der Waals surface area contributed by atoms with Crippen molar-refractivity contribution in [3.05, 3.63) is 139 Å². The van der Waals surface area contributed by atoms with E-state index in [9.17, 15) is 14.9 Å². The number of carbonyl (C=O) groups excluding carboxylic acids is 1.